The van der Waals surface area contributed by atoms with Crippen LogP contribution in [0.2, 0.25) is 0 Å². The van der Waals surface area contributed by atoms with Crippen molar-refractivity contribution >= 4 is 15.9 Å². The summed E-state index contributed by atoms with van der Waals surface area (Å²) in [6.45, 7) is 4.06. The lowest BCUT2D eigenvalue weighted by Crippen LogP contribution is -2.33. The smallest absolute Gasteiger partial charge is 0.268 e. The Morgan fingerprint density at radius 3 is 2.71 bits per heavy atom. The molecule has 0 radical (unpaired) electrons. The van der Waals surface area contributed by atoms with Gasteiger partial charge in [-0.15, -0.1) is 0 Å². The van der Waals surface area contributed by atoms with Crippen molar-refractivity contribution in [2.75, 3.05) is 0 Å². The topological polar surface area (TPSA) is 94.2 Å². The second kappa shape index (κ2) is 6.19. The van der Waals surface area contributed by atoms with Crippen molar-refractivity contribution in [3.05, 3.63) is 18.0 Å². The highest BCUT2D eigenvalue weighted by molar-refractivity contribution is 7.89. The minimum atomic E-state index is -3.79. The summed E-state index contributed by atoms with van der Waals surface area (Å²) in [4.78, 5) is 12.3. The number of hydrogen-bond acceptors (Lipinski definition) is 3. The number of nitrogens with two attached hydrogens (primary N) is 1. The summed E-state index contributed by atoms with van der Waals surface area (Å²) < 4.78 is 24.7. The first-order chi connectivity index (χ1) is 9.82. The number of unbranched alkanes of at least 4 members (excludes halogenated alkanes) is 1. The van der Waals surface area contributed by atoms with Gasteiger partial charge in [-0.2, -0.15) is 0 Å². The Kier molecular flexibility index (Phi) is 4.73. The van der Waals surface area contributed by atoms with E-state index in [1.807, 2.05) is 6.92 Å². The predicted octanol–water partition coefficient (Wildman–Crippen LogP) is 1.78. The molecule has 6 nitrogen and oxygen atoms in total. The van der Waals surface area contributed by atoms with E-state index in [9.17, 15) is 13.2 Å². The molecule has 1 aromatic heterocycles. The first-order valence-electron chi connectivity index (χ1n) is 7.38. The molecule has 3 N–H and O–H groups in total. The number of aromatic nitrogens is 1. The Morgan fingerprint density at radius 2 is 2.19 bits per heavy atom. The van der Waals surface area contributed by atoms with Gasteiger partial charge in [-0.1, -0.05) is 19.8 Å². The average molecular weight is 313 g/mol. The standard InChI is InChI=1S/C14H23N3O3S/c1-3-4-5-10(2)16-14(18)13-8-12(21(15,19)20)9-17(13)11-6-7-11/h8-11H,3-7H2,1-2H3,(H,16,18)(H2,15,19,20). The van der Waals surface area contributed by atoms with E-state index in [2.05, 4.69) is 12.2 Å². The first kappa shape index (κ1) is 16.0. The maximum atomic E-state index is 12.3. The van der Waals surface area contributed by atoms with Gasteiger partial charge in [0.15, 0.2) is 0 Å². The van der Waals surface area contributed by atoms with Gasteiger partial charge in [0.25, 0.3) is 5.91 Å². The van der Waals surface area contributed by atoms with E-state index in [0.717, 1.165) is 32.1 Å². The van der Waals surface area contributed by atoms with E-state index in [1.54, 1.807) is 4.57 Å². The van der Waals surface area contributed by atoms with Gasteiger partial charge in [0.2, 0.25) is 10.0 Å². The van der Waals surface area contributed by atoms with Gasteiger partial charge in [0.1, 0.15) is 10.6 Å². The highest BCUT2D eigenvalue weighted by atomic mass is 32.2. The fraction of sp³-hybridized carbons (Fsp3) is 0.643. The predicted molar refractivity (Wildman–Crippen MR) is 80.5 cm³/mol. The zero-order valence-corrected chi connectivity index (χ0v) is 13.3. The van der Waals surface area contributed by atoms with Gasteiger partial charge in [-0.25, -0.2) is 13.6 Å². The number of amides is 1. The van der Waals surface area contributed by atoms with Crippen molar-refractivity contribution in [1.82, 2.24) is 9.88 Å². The number of nitrogens with zero attached hydrogens (tertiary/aromatic N) is 1. The lowest BCUT2D eigenvalue weighted by molar-refractivity contribution is 0.0928. The van der Waals surface area contributed by atoms with E-state index in [1.165, 1.54) is 12.3 Å². The summed E-state index contributed by atoms with van der Waals surface area (Å²) in [5, 5.41) is 8.08. The molecule has 7 heteroatoms. The minimum absolute atomic E-state index is 0.000705. The van der Waals surface area contributed by atoms with Gasteiger partial charge in [0.05, 0.1) is 0 Å². The third kappa shape index (κ3) is 4.07. The number of nitrogens with one attached hydrogen (secondary N) is 1. The lowest BCUT2D eigenvalue weighted by atomic mass is 10.1. The molecule has 1 amide bonds. The molecule has 1 aliphatic carbocycles. The van der Waals surface area contributed by atoms with E-state index < -0.39 is 10.0 Å². The molecule has 0 bridgehead atoms. The maximum absolute atomic E-state index is 12.3. The number of rotatable bonds is 7. The molecule has 1 aliphatic rings. The molecule has 1 atom stereocenters. The SMILES string of the molecule is CCCCC(C)NC(=O)c1cc(S(N)(=O)=O)cn1C1CC1. The molecule has 1 unspecified atom stereocenters. The van der Waals surface area contributed by atoms with Crippen LogP contribution in [-0.2, 0) is 10.0 Å². The molecule has 0 aromatic carbocycles. The van der Waals surface area contributed by atoms with Crippen molar-refractivity contribution < 1.29 is 13.2 Å². The van der Waals surface area contributed by atoms with Crippen LogP contribution in [0.25, 0.3) is 0 Å². The Morgan fingerprint density at radius 1 is 1.52 bits per heavy atom. The molecule has 118 valence electrons. The fourth-order valence-corrected chi connectivity index (χ4v) is 2.86. The highest BCUT2D eigenvalue weighted by Gasteiger charge is 2.30. The summed E-state index contributed by atoms with van der Waals surface area (Å²) in [6.07, 6.45) is 6.43. The minimum Gasteiger partial charge on any atom is -0.348 e. The molecule has 1 fully saturated rings. The Bertz CT molecular complexity index is 617. The second-order valence-electron chi connectivity index (χ2n) is 5.76. The molecular weight excluding hydrogens is 290 g/mol. The molecule has 2 rings (SSSR count). The Balaban J connectivity index is 2.18. The van der Waals surface area contributed by atoms with Crippen LogP contribution in [0, 0.1) is 0 Å². The van der Waals surface area contributed by atoms with Crippen LogP contribution in [0.5, 0.6) is 0 Å². The van der Waals surface area contributed by atoms with E-state index in [0.29, 0.717) is 5.69 Å². The molecule has 1 aromatic rings. The number of hydrogen-bond donors (Lipinski definition) is 2. The van der Waals surface area contributed by atoms with Gasteiger partial charge < -0.3 is 9.88 Å². The number of carbonyl (C=O) groups is 1. The summed E-state index contributed by atoms with van der Waals surface area (Å²) >= 11 is 0. The van der Waals surface area contributed by atoms with Crippen LogP contribution in [0.4, 0.5) is 0 Å². The molecule has 1 heterocycles. The van der Waals surface area contributed by atoms with Crippen molar-refractivity contribution in [3.8, 4) is 0 Å². The van der Waals surface area contributed by atoms with Crippen molar-refractivity contribution in [1.29, 1.82) is 0 Å². The normalized spacial score (nSPS) is 16.7. The molecule has 21 heavy (non-hydrogen) atoms. The maximum Gasteiger partial charge on any atom is 0.268 e. The van der Waals surface area contributed by atoms with Crippen LogP contribution in [0.1, 0.15) is 62.5 Å². The van der Waals surface area contributed by atoms with Gasteiger partial charge in [-0.05, 0) is 32.3 Å². The summed E-state index contributed by atoms with van der Waals surface area (Å²) in [5.74, 6) is -0.236. The number of sulfonamides is 1. The van der Waals surface area contributed by atoms with E-state index in [4.69, 9.17) is 5.14 Å². The van der Waals surface area contributed by atoms with Crippen molar-refractivity contribution in [3.63, 3.8) is 0 Å². The Hall–Kier alpha value is -1.34. The zero-order valence-electron chi connectivity index (χ0n) is 12.5. The average Bonchev–Trinajstić information content (AvgIpc) is 3.13. The Labute approximate surface area is 125 Å². The van der Waals surface area contributed by atoms with Crippen LogP contribution in [0.3, 0.4) is 0 Å². The highest BCUT2D eigenvalue weighted by Crippen LogP contribution is 2.37. The first-order valence-corrected chi connectivity index (χ1v) is 8.93. The third-order valence-corrected chi connectivity index (χ3v) is 4.57. The summed E-state index contributed by atoms with van der Waals surface area (Å²) in [6, 6.07) is 1.65. The van der Waals surface area contributed by atoms with E-state index >= 15 is 0 Å². The molecule has 0 aliphatic heterocycles. The quantitative estimate of drug-likeness (QED) is 0.803. The number of primary sulfonamides is 1. The zero-order chi connectivity index (χ0) is 15.6. The largest absolute Gasteiger partial charge is 0.348 e. The van der Waals surface area contributed by atoms with Crippen LogP contribution < -0.4 is 10.5 Å². The molecule has 1 saturated carbocycles. The molecule has 0 spiro atoms. The van der Waals surface area contributed by atoms with Crippen LogP contribution >= 0.6 is 0 Å². The monoisotopic (exact) mass is 313 g/mol. The van der Waals surface area contributed by atoms with E-state index in [-0.39, 0.29) is 22.9 Å². The summed E-state index contributed by atoms with van der Waals surface area (Å²) in [5.41, 5.74) is 0.380. The lowest BCUT2D eigenvalue weighted by Gasteiger charge is -2.14. The van der Waals surface area contributed by atoms with Crippen LogP contribution in [-0.4, -0.2) is 24.9 Å². The van der Waals surface area contributed by atoms with Crippen molar-refractivity contribution in [2.24, 2.45) is 5.14 Å². The van der Waals surface area contributed by atoms with Gasteiger partial charge in [-0.3, -0.25) is 4.79 Å². The molecule has 0 saturated heterocycles. The number of carbonyl (C=O) groups excluding carboxylic acids is 1. The van der Waals surface area contributed by atoms with Gasteiger partial charge >= 0.3 is 0 Å². The van der Waals surface area contributed by atoms with Crippen molar-refractivity contribution in [2.45, 2.75) is 62.9 Å². The fourth-order valence-electron chi connectivity index (χ4n) is 2.33. The van der Waals surface area contributed by atoms with Gasteiger partial charge in [0, 0.05) is 18.3 Å². The molecular formula is C14H23N3O3S. The summed E-state index contributed by atoms with van der Waals surface area (Å²) in [7, 11) is -3.79. The second-order valence-corrected chi connectivity index (χ2v) is 7.32. The van der Waals surface area contributed by atoms with Crippen LogP contribution in [0.15, 0.2) is 17.2 Å². The third-order valence-electron chi connectivity index (χ3n) is 3.69.